The summed E-state index contributed by atoms with van der Waals surface area (Å²) in [6.45, 7) is 12.1. The Morgan fingerprint density at radius 2 is 2.10 bits per heavy atom. The summed E-state index contributed by atoms with van der Waals surface area (Å²) in [6, 6.07) is 5.27. The molecule has 118 valence electrons. The Bertz CT molecular complexity index is 479. The van der Waals surface area contributed by atoms with Crippen LogP contribution in [0.4, 0.5) is 4.39 Å². The number of rotatable bonds is 4. The van der Waals surface area contributed by atoms with Crippen LogP contribution in [0.5, 0.6) is 0 Å². The molecule has 1 fully saturated rings. The van der Waals surface area contributed by atoms with Gasteiger partial charge in [-0.25, -0.2) is 4.39 Å². The van der Waals surface area contributed by atoms with Crippen molar-refractivity contribution < 1.29 is 4.39 Å². The van der Waals surface area contributed by atoms with E-state index in [2.05, 4.69) is 25.7 Å². The maximum Gasteiger partial charge on any atom is 0.126 e. The molecule has 1 aromatic rings. The highest BCUT2D eigenvalue weighted by molar-refractivity contribution is 5.25. The highest BCUT2D eigenvalue weighted by Gasteiger charge is 2.31. The van der Waals surface area contributed by atoms with Crippen LogP contribution in [0.3, 0.4) is 0 Å². The number of hydrogen-bond donors (Lipinski definition) is 1. The van der Waals surface area contributed by atoms with Crippen molar-refractivity contribution in [2.24, 2.45) is 17.1 Å². The monoisotopic (exact) mass is 292 g/mol. The van der Waals surface area contributed by atoms with Gasteiger partial charge >= 0.3 is 0 Å². The normalized spacial score (nSPS) is 21.7. The van der Waals surface area contributed by atoms with Crippen molar-refractivity contribution in [3.63, 3.8) is 0 Å². The Morgan fingerprint density at radius 1 is 1.38 bits per heavy atom. The van der Waals surface area contributed by atoms with E-state index in [1.54, 1.807) is 13.0 Å². The topological polar surface area (TPSA) is 29.3 Å². The Kier molecular flexibility index (Phi) is 5.05. The maximum atomic E-state index is 13.6. The van der Waals surface area contributed by atoms with Gasteiger partial charge < -0.3 is 10.6 Å². The standard InChI is InChI=1S/C18H29FN2/c1-13-5-6-14(11-16(13)19)17(20)8-10-21-9-7-15(12-21)18(2,3)4/h5-6,11,15,17H,7-10,12,20H2,1-4H3. The summed E-state index contributed by atoms with van der Waals surface area (Å²) >= 11 is 0. The molecule has 0 saturated carbocycles. The van der Waals surface area contributed by atoms with E-state index in [9.17, 15) is 4.39 Å². The number of halogens is 1. The van der Waals surface area contributed by atoms with Crippen molar-refractivity contribution in [3.05, 3.63) is 35.1 Å². The van der Waals surface area contributed by atoms with E-state index in [1.807, 2.05) is 12.1 Å². The molecule has 21 heavy (non-hydrogen) atoms. The molecule has 1 aliphatic rings. The molecule has 0 bridgehead atoms. The smallest absolute Gasteiger partial charge is 0.126 e. The van der Waals surface area contributed by atoms with E-state index in [-0.39, 0.29) is 11.9 Å². The quantitative estimate of drug-likeness (QED) is 0.912. The molecule has 3 heteroatoms. The molecule has 0 aromatic heterocycles. The van der Waals surface area contributed by atoms with Gasteiger partial charge in [0.2, 0.25) is 0 Å². The van der Waals surface area contributed by atoms with E-state index in [4.69, 9.17) is 5.73 Å². The van der Waals surface area contributed by atoms with Crippen LogP contribution in [0.2, 0.25) is 0 Å². The predicted octanol–water partition coefficient (Wildman–Crippen LogP) is 3.89. The summed E-state index contributed by atoms with van der Waals surface area (Å²) in [5.74, 6) is 0.613. The van der Waals surface area contributed by atoms with Crippen molar-refractivity contribution in [2.75, 3.05) is 19.6 Å². The number of aryl methyl sites for hydroxylation is 1. The third-order valence-corrected chi connectivity index (χ3v) is 4.88. The van der Waals surface area contributed by atoms with E-state index in [1.165, 1.54) is 13.0 Å². The molecular weight excluding hydrogens is 263 g/mol. The van der Waals surface area contributed by atoms with Crippen molar-refractivity contribution in [3.8, 4) is 0 Å². The molecular formula is C18H29FN2. The van der Waals surface area contributed by atoms with Crippen LogP contribution in [0.25, 0.3) is 0 Å². The fourth-order valence-electron chi connectivity index (χ4n) is 3.07. The molecule has 1 aliphatic heterocycles. The van der Waals surface area contributed by atoms with E-state index >= 15 is 0 Å². The Morgan fingerprint density at radius 3 is 2.67 bits per heavy atom. The molecule has 0 amide bonds. The Labute approximate surface area is 128 Å². The number of nitrogens with zero attached hydrogens (tertiary/aromatic N) is 1. The Balaban J connectivity index is 1.84. The zero-order valence-electron chi connectivity index (χ0n) is 13.8. The molecule has 1 heterocycles. The largest absolute Gasteiger partial charge is 0.324 e. The zero-order valence-corrected chi connectivity index (χ0v) is 13.8. The van der Waals surface area contributed by atoms with Crippen molar-refractivity contribution in [2.45, 2.75) is 46.6 Å². The second-order valence-electron chi connectivity index (χ2n) is 7.56. The summed E-state index contributed by atoms with van der Waals surface area (Å²) < 4.78 is 13.6. The first-order chi connectivity index (χ1) is 9.77. The fraction of sp³-hybridized carbons (Fsp3) is 0.667. The van der Waals surface area contributed by atoms with Crippen LogP contribution >= 0.6 is 0 Å². The van der Waals surface area contributed by atoms with Crippen LogP contribution in [0, 0.1) is 24.1 Å². The molecule has 2 unspecified atom stereocenters. The van der Waals surface area contributed by atoms with Crippen molar-refractivity contribution >= 4 is 0 Å². The molecule has 2 atom stereocenters. The third kappa shape index (κ3) is 4.27. The van der Waals surface area contributed by atoms with Gasteiger partial charge in [-0.15, -0.1) is 0 Å². The maximum absolute atomic E-state index is 13.6. The van der Waals surface area contributed by atoms with Gasteiger partial charge in [-0.3, -0.25) is 0 Å². The lowest BCUT2D eigenvalue weighted by Gasteiger charge is -2.27. The first-order valence-electron chi connectivity index (χ1n) is 8.01. The van der Waals surface area contributed by atoms with Crippen LogP contribution < -0.4 is 5.73 Å². The van der Waals surface area contributed by atoms with Gasteiger partial charge in [0.15, 0.2) is 0 Å². The molecule has 2 rings (SSSR count). The molecule has 2 nitrogen and oxygen atoms in total. The van der Waals surface area contributed by atoms with Crippen LogP contribution in [-0.4, -0.2) is 24.5 Å². The fourth-order valence-corrected chi connectivity index (χ4v) is 3.07. The minimum absolute atomic E-state index is 0.0752. The first-order valence-corrected chi connectivity index (χ1v) is 8.01. The van der Waals surface area contributed by atoms with Gasteiger partial charge in [0.25, 0.3) is 0 Å². The van der Waals surface area contributed by atoms with Gasteiger partial charge in [-0.1, -0.05) is 32.9 Å². The van der Waals surface area contributed by atoms with Crippen LogP contribution in [-0.2, 0) is 0 Å². The average Bonchev–Trinajstić information content (AvgIpc) is 2.88. The number of nitrogens with two attached hydrogens (primary N) is 1. The SMILES string of the molecule is Cc1ccc(C(N)CCN2CCC(C(C)(C)C)C2)cc1F. The summed E-state index contributed by atoms with van der Waals surface area (Å²) in [6.07, 6.45) is 2.16. The summed E-state index contributed by atoms with van der Waals surface area (Å²) in [5, 5.41) is 0. The van der Waals surface area contributed by atoms with E-state index in [0.29, 0.717) is 11.0 Å². The predicted molar refractivity (Wildman–Crippen MR) is 86.7 cm³/mol. The van der Waals surface area contributed by atoms with E-state index < -0.39 is 0 Å². The minimum Gasteiger partial charge on any atom is -0.324 e. The summed E-state index contributed by atoms with van der Waals surface area (Å²) in [5.41, 5.74) is 8.19. The number of hydrogen-bond acceptors (Lipinski definition) is 2. The molecule has 0 spiro atoms. The molecule has 1 aromatic carbocycles. The second kappa shape index (κ2) is 6.45. The highest BCUT2D eigenvalue weighted by atomic mass is 19.1. The first kappa shape index (κ1) is 16.4. The van der Waals surface area contributed by atoms with Gasteiger partial charge in [0.05, 0.1) is 0 Å². The van der Waals surface area contributed by atoms with Crippen molar-refractivity contribution in [1.29, 1.82) is 0 Å². The van der Waals surface area contributed by atoms with Gasteiger partial charge in [0.1, 0.15) is 5.82 Å². The highest BCUT2D eigenvalue weighted by Crippen LogP contribution is 2.33. The zero-order chi connectivity index (χ0) is 15.6. The van der Waals surface area contributed by atoms with Crippen molar-refractivity contribution in [1.82, 2.24) is 4.90 Å². The molecule has 0 aliphatic carbocycles. The summed E-state index contributed by atoms with van der Waals surface area (Å²) in [4.78, 5) is 2.50. The van der Waals surface area contributed by atoms with Crippen LogP contribution in [0.15, 0.2) is 18.2 Å². The average molecular weight is 292 g/mol. The Hall–Kier alpha value is -0.930. The minimum atomic E-state index is -0.156. The number of likely N-dealkylation sites (tertiary alicyclic amines) is 1. The lowest BCUT2D eigenvalue weighted by molar-refractivity contribution is 0.226. The number of benzene rings is 1. The van der Waals surface area contributed by atoms with Gasteiger partial charge in [-0.2, -0.15) is 0 Å². The van der Waals surface area contributed by atoms with Crippen LogP contribution in [0.1, 0.15) is 50.8 Å². The van der Waals surface area contributed by atoms with E-state index in [0.717, 1.165) is 31.0 Å². The molecule has 2 N–H and O–H groups in total. The van der Waals surface area contributed by atoms with Gasteiger partial charge in [-0.05, 0) is 61.4 Å². The third-order valence-electron chi connectivity index (χ3n) is 4.88. The lowest BCUT2D eigenvalue weighted by atomic mass is 9.80. The molecule has 1 saturated heterocycles. The molecule has 0 radical (unpaired) electrons. The lowest BCUT2D eigenvalue weighted by Crippen LogP contribution is -2.28. The van der Waals surface area contributed by atoms with Gasteiger partial charge in [0, 0.05) is 12.6 Å². The second-order valence-corrected chi connectivity index (χ2v) is 7.56. The summed E-state index contributed by atoms with van der Waals surface area (Å²) in [7, 11) is 0.